The molecule has 0 aliphatic carbocycles. The summed E-state index contributed by atoms with van der Waals surface area (Å²) in [6.07, 6.45) is 10.3. The first-order chi connectivity index (χ1) is 15.9. The Morgan fingerprint density at radius 1 is 0.882 bits per heavy atom. The highest BCUT2D eigenvalue weighted by Gasteiger charge is 2.15. The zero-order chi connectivity index (χ0) is 23.7. The minimum Gasteiger partial charge on any atom is -1.00 e. The Kier molecular flexibility index (Phi) is 11.4. The largest absolute Gasteiger partial charge is 1.00 e. The van der Waals surface area contributed by atoms with E-state index in [1.807, 2.05) is 30.3 Å². The smallest absolute Gasteiger partial charge is 0.338 e. The summed E-state index contributed by atoms with van der Waals surface area (Å²) < 4.78 is 13.8. The molecule has 0 atom stereocenters. The van der Waals surface area contributed by atoms with E-state index in [-0.39, 0.29) is 29.9 Å². The molecule has 0 saturated carbocycles. The van der Waals surface area contributed by atoms with Crippen molar-refractivity contribution >= 4 is 22.6 Å². The van der Waals surface area contributed by atoms with Crippen LogP contribution < -0.4 is 33.2 Å². The number of benzene rings is 2. The number of methoxy groups -OCH3 is 1. The quantitative estimate of drug-likeness (QED) is 0.135. The topological polar surface area (TPSA) is 40.5 Å². The summed E-state index contributed by atoms with van der Waals surface area (Å²) in [6, 6.07) is 16.1. The van der Waals surface area contributed by atoms with Crippen molar-refractivity contribution in [3.05, 3.63) is 60.3 Å². The van der Waals surface area contributed by atoms with E-state index in [1.54, 1.807) is 7.11 Å². The molecule has 0 aliphatic rings. The Labute approximate surface area is 221 Å². The third kappa shape index (κ3) is 8.31. The highest BCUT2D eigenvalue weighted by molar-refractivity contribution is 5.90. The molecule has 6 heteroatoms. The summed E-state index contributed by atoms with van der Waals surface area (Å²) in [5.41, 5.74) is 3.00. The van der Waals surface area contributed by atoms with E-state index < -0.39 is 0 Å². The van der Waals surface area contributed by atoms with Crippen molar-refractivity contribution in [2.75, 3.05) is 34.9 Å². The first kappa shape index (κ1) is 28.2. The molecular formula is C28H39IN2O3. The Morgan fingerprint density at radius 2 is 1.59 bits per heavy atom. The van der Waals surface area contributed by atoms with Crippen molar-refractivity contribution in [2.45, 2.75) is 51.5 Å². The van der Waals surface area contributed by atoms with Crippen LogP contribution in [-0.2, 0) is 11.3 Å². The number of fused-ring (bicyclic) bond motifs is 1. The molecule has 0 radical (unpaired) electrons. The summed E-state index contributed by atoms with van der Waals surface area (Å²) in [6.45, 7) is 1.56. The van der Waals surface area contributed by atoms with Gasteiger partial charge in [0.1, 0.15) is 11.4 Å². The second kappa shape index (κ2) is 13.7. The summed E-state index contributed by atoms with van der Waals surface area (Å²) in [5, 5.41) is 1.23. The number of ether oxygens (including phenoxy) is 2. The second-order valence-electron chi connectivity index (χ2n) is 9.61. The lowest BCUT2D eigenvalue weighted by molar-refractivity contribution is -0.0000256. The van der Waals surface area contributed by atoms with Crippen molar-refractivity contribution in [3.63, 3.8) is 0 Å². The van der Waals surface area contributed by atoms with Crippen molar-refractivity contribution in [2.24, 2.45) is 0 Å². The van der Waals surface area contributed by atoms with Crippen LogP contribution >= 0.6 is 0 Å². The van der Waals surface area contributed by atoms with Crippen LogP contribution in [0.25, 0.3) is 10.9 Å². The maximum absolute atomic E-state index is 12.3. The maximum atomic E-state index is 12.3. The van der Waals surface area contributed by atoms with Gasteiger partial charge in [0.25, 0.3) is 0 Å². The molecule has 1 heterocycles. The van der Waals surface area contributed by atoms with Gasteiger partial charge in [-0.05, 0) is 49.2 Å². The Hall–Kier alpha value is -2.06. The normalized spacial score (nSPS) is 11.3. The van der Waals surface area contributed by atoms with E-state index in [1.165, 1.54) is 43.0 Å². The highest BCUT2D eigenvalue weighted by atomic mass is 127. The Balaban J connectivity index is 0.00000408. The number of rotatable bonds is 13. The molecule has 0 spiro atoms. The molecule has 34 heavy (non-hydrogen) atoms. The molecule has 0 saturated heterocycles. The predicted molar refractivity (Wildman–Crippen MR) is 137 cm³/mol. The molecular weight excluding hydrogens is 539 g/mol. The summed E-state index contributed by atoms with van der Waals surface area (Å²) >= 11 is 0. The van der Waals surface area contributed by atoms with Gasteiger partial charge in [-0.3, -0.25) is 4.48 Å². The molecule has 1 aromatic heterocycles. The van der Waals surface area contributed by atoms with Crippen molar-refractivity contribution in [1.82, 2.24) is 9.05 Å². The number of nitrogens with zero attached hydrogens (tertiary/aromatic N) is 2. The number of carbonyl (C=O) groups excluding carboxylic acids is 1. The van der Waals surface area contributed by atoms with Crippen molar-refractivity contribution < 1.29 is 38.2 Å². The molecule has 2 aromatic carbocycles. The maximum Gasteiger partial charge on any atom is 0.338 e. The molecule has 5 nitrogen and oxygen atoms in total. The van der Waals surface area contributed by atoms with Gasteiger partial charge in [-0.2, -0.15) is 0 Å². The van der Waals surface area contributed by atoms with Crippen LogP contribution in [0.15, 0.2) is 54.7 Å². The van der Waals surface area contributed by atoms with Crippen LogP contribution in [0, 0.1) is 0 Å². The third-order valence-corrected chi connectivity index (χ3v) is 6.11. The summed E-state index contributed by atoms with van der Waals surface area (Å²) in [7, 11) is 7.97. The fourth-order valence-electron chi connectivity index (χ4n) is 4.07. The number of quaternary nitrogens is 1. The second-order valence-corrected chi connectivity index (χ2v) is 9.61. The number of aromatic nitrogens is 1. The molecule has 0 amide bonds. The van der Waals surface area contributed by atoms with Crippen LogP contribution in [0.4, 0.5) is 5.69 Å². The molecule has 3 aromatic rings. The molecule has 0 aliphatic heterocycles. The highest BCUT2D eigenvalue weighted by Crippen LogP contribution is 2.22. The zero-order valence-electron chi connectivity index (χ0n) is 21.1. The summed E-state index contributed by atoms with van der Waals surface area (Å²) in [5.74, 6) is 0.686. The van der Waals surface area contributed by atoms with Crippen LogP contribution in [0.1, 0.15) is 55.3 Å². The van der Waals surface area contributed by atoms with E-state index >= 15 is 0 Å². The standard InChI is InChI=1S/C28H39N2O3.HI/c1-30(2,3)25-14-12-13-24(21-25)28(31)33-20-11-9-7-5-6-8-10-18-29-19-17-23-22-26(32-4)15-16-27(23)29;/h12-17,19,21-22H,5-11,18,20H2,1-4H3;1H/q+1;/p-1. The number of hydrogen-bond acceptors (Lipinski definition) is 3. The monoisotopic (exact) mass is 578 g/mol. The third-order valence-electron chi connectivity index (χ3n) is 6.11. The molecule has 0 bridgehead atoms. The summed E-state index contributed by atoms with van der Waals surface area (Å²) in [4.78, 5) is 12.3. The minimum atomic E-state index is -0.221. The fraction of sp³-hybridized carbons (Fsp3) is 0.464. The van der Waals surface area contributed by atoms with Crippen LogP contribution in [0.2, 0.25) is 0 Å². The molecule has 3 rings (SSSR count). The van der Waals surface area contributed by atoms with Crippen LogP contribution in [-0.4, -0.2) is 45.4 Å². The van der Waals surface area contributed by atoms with Gasteiger partial charge in [0.2, 0.25) is 0 Å². The van der Waals surface area contributed by atoms with E-state index in [0.29, 0.717) is 16.7 Å². The number of carbonyl (C=O) groups is 1. The Morgan fingerprint density at radius 3 is 2.29 bits per heavy atom. The van der Waals surface area contributed by atoms with Gasteiger partial charge >= 0.3 is 5.97 Å². The van der Waals surface area contributed by atoms with Gasteiger partial charge in [0.15, 0.2) is 0 Å². The van der Waals surface area contributed by atoms with E-state index in [0.717, 1.165) is 30.8 Å². The lowest BCUT2D eigenvalue weighted by atomic mass is 10.1. The average Bonchev–Trinajstić information content (AvgIpc) is 3.21. The number of unbranched alkanes of at least 4 members (excludes halogenated alkanes) is 6. The minimum absolute atomic E-state index is 0. The van der Waals surface area contributed by atoms with E-state index in [2.05, 4.69) is 50.1 Å². The van der Waals surface area contributed by atoms with Gasteiger partial charge in [-0.1, -0.05) is 38.2 Å². The lowest BCUT2D eigenvalue weighted by Crippen LogP contribution is -3.00. The molecule has 0 unspecified atom stereocenters. The van der Waals surface area contributed by atoms with Gasteiger partial charge in [0.05, 0.1) is 40.4 Å². The first-order valence-electron chi connectivity index (χ1n) is 12.1. The van der Waals surface area contributed by atoms with E-state index in [9.17, 15) is 4.79 Å². The van der Waals surface area contributed by atoms with Gasteiger partial charge < -0.3 is 38.0 Å². The van der Waals surface area contributed by atoms with Gasteiger partial charge in [0, 0.05) is 29.7 Å². The molecule has 0 fully saturated rings. The van der Waals surface area contributed by atoms with Crippen LogP contribution in [0.3, 0.4) is 0 Å². The van der Waals surface area contributed by atoms with Crippen LogP contribution in [0.5, 0.6) is 5.75 Å². The predicted octanol–water partition coefficient (Wildman–Crippen LogP) is 3.44. The number of hydrogen-bond donors (Lipinski definition) is 0. The van der Waals surface area contributed by atoms with Gasteiger partial charge in [-0.15, -0.1) is 0 Å². The number of aryl methyl sites for hydroxylation is 1. The fourth-order valence-corrected chi connectivity index (χ4v) is 4.07. The van der Waals surface area contributed by atoms with Crippen molar-refractivity contribution in [1.29, 1.82) is 0 Å². The lowest BCUT2D eigenvalue weighted by Gasteiger charge is -2.23. The van der Waals surface area contributed by atoms with Gasteiger partial charge in [-0.25, -0.2) is 4.79 Å². The first-order valence-corrected chi connectivity index (χ1v) is 12.1. The SMILES string of the molecule is COc1ccc2c(ccn2CCCCCCCCCOC(=O)c2cccc([N+](C)(C)C)c2)c1.[I-]. The number of halogens is 1. The molecule has 186 valence electrons. The van der Waals surface area contributed by atoms with E-state index in [4.69, 9.17) is 9.47 Å². The molecule has 0 N–H and O–H groups in total. The average molecular weight is 579 g/mol. The number of esters is 1. The van der Waals surface area contributed by atoms with Crippen molar-refractivity contribution in [3.8, 4) is 5.75 Å². The Bertz CT molecular complexity index is 1040. The zero-order valence-corrected chi connectivity index (χ0v) is 23.2.